The van der Waals surface area contributed by atoms with E-state index in [-0.39, 0.29) is 10.2 Å². The van der Waals surface area contributed by atoms with E-state index in [2.05, 4.69) is 31.8 Å². The van der Waals surface area contributed by atoms with Crippen LogP contribution in [0.3, 0.4) is 0 Å². The number of carbonyl (C=O) groups excluding carboxylic acids is 2. The van der Waals surface area contributed by atoms with Crippen LogP contribution < -0.4 is 0 Å². The fourth-order valence-electron chi connectivity index (χ4n) is 1.51. The van der Waals surface area contributed by atoms with Gasteiger partial charge in [0.15, 0.2) is 6.17 Å². The first-order valence-electron chi connectivity index (χ1n) is 4.37. The zero-order chi connectivity index (χ0) is 11.6. The molecule has 1 heterocycles. The van der Waals surface area contributed by atoms with Crippen molar-refractivity contribution in [2.75, 3.05) is 6.54 Å². The first kappa shape index (κ1) is 12.2. The summed E-state index contributed by atoms with van der Waals surface area (Å²) in [6.45, 7) is 5.95. The second-order valence-electron chi connectivity index (χ2n) is 2.95. The van der Waals surface area contributed by atoms with E-state index in [1.165, 1.54) is 6.20 Å². The largest absolute Gasteiger partial charge is 0.339 e. The molecule has 0 aromatic rings. The molecular formula is C9H12N2O2S2. The van der Waals surface area contributed by atoms with Gasteiger partial charge in [-0.15, -0.1) is 12.6 Å². The van der Waals surface area contributed by atoms with Crippen molar-refractivity contribution in [1.29, 1.82) is 0 Å². The van der Waals surface area contributed by atoms with Gasteiger partial charge >= 0.3 is 0 Å². The normalized spacial score (nSPS) is 20.2. The molecule has 0 amide bonds. The van der Waals surface area contributed by atoms with Crippen LogP contribution in [-0.4, -0.2) is 32.7 Å². The van der Waals surface area contributed by atoms with Crippen molar-refractivity contribution in [1.82, 2.24) is 9.80 Å². The van der Waals surface area contributed by atoms with Crippen LogP contribution in [0.1, 0.15) is 6.92 Å². The van der Waals surface area contributed by atoms with Gasteiger partial charge in [0.1, 0.15) is 5.70 Å². The number of hydrogen-bond acceptors (Lipinski definition) is 4. The summed E-state index contributed by atoms with van der Waals surface area (Å²) >= 11 is 7.54. The van der Waals surface area contributed by atoms with E-state index in [0.29, 0.717) is 12.2 Å². The number of hydrogen-bond donors (Lipinski definition) is 2. The third kappa shape index (κ3) is 2.21. The predicted octanol–water partition coefficient (Wildman–Crippen LogP) is 0.848. The van der Waals surface area contributed by atoms with E-state index in [4.69, 9.17) is 0 Å². The Bertz CT molecular complexity index is 341. The molecule has 1 aliphatic heterocycles. The Morgan fingerprint density at radius 1 is 1.60 bits per heavy atom. The molecule has 82 valence electrons. The lowest BCUT2D eigenvalue weighted by Crippen LogP contribution is -2.42. The minimum Gasteiger partial charge on any atom is -0.339 e. The first-order chi connectivity index (χ1) is 7.02. The molecule has 1 aliphatic rings. The standard InChI is InChI=1S/C9H12N2O2S2/c1-3-10-5-6(8(12)14)11(4-2)7(10)9(13)15/h3,5,7H,1,4H2,2H3,(H,12,14)(H,13,15). The quantitative estimate of drug-likeness (QED) is 0.719. The van der Waals surface area contributed by atoms with Gasteiger partial charge in [-0.25, -0.2) is 0 Å². The summed E-state index contributed by atoms with van der Waals surface area (Å²) in [7, 11) is 0. The van der Waals surface area contributed by atoms with Crippen molar-refractivity contribution < 1.29 is 9.59 Å². The summed E-state index contributed by atoms with van der Waals surface area (Å²) in [6, 6.07) is 0. The summed E-state index contributed by atoms with van der Waals surface area (Å²) in [5.74, 6) is 0. The second kappa shape index (κ2) is 4.76. The molecule has 0 bridgehead atoms. The number of thiol groups is 2. The van der Waals surface area contributed by atoms with Gasteiger partial charge in [-0.2, -0.15) is 0 Å². The summed E-state index contributed by atoms with van der Waals surface area (Å²) < 4.78 is 0. The van der Waals surface area contributed by atoms with Crippen LogP contribution in [0.5, 0.6) is 0 Å². The highest BCUT2D eigenvalue weighted by Crippen LogP contribution is 2.25. The number of likely N-dealkylation sites (N-methyl/N-ethyl adjacent to an activating group) is 1. The zero-order valence-corrected chi connectivity index (χ0v) is 10.0. The highest BCUT2D eigenvalue weighted by molar-refractivity contribution is 7.97. The minimum absolute atomic E-state index is 0.336. The van der Waals surface area contributed by atoms with Crippen molar-refractivity contribution in [2.24, 2.45) is 0 Å². The molecule has 0 fully saturated rings. The Hall–Kier alpha value is -0.880. The van der Waals surface area contributed by atoms with Gasteiger partial charge in [-0.1, -0.05) is 19.2 Å². The molecule has 0 radical (unpaired) electrons. The number of carbonyl (C=O) groups is 2. The van der Waals surface area contributed by atoms with Gasteiger partial charge in [0.05, 0.1) is 0 Å². The van der Waals surface area contributed by atoms with Crippen molar-refractivity contribution in [2.45, 2.75) is 13.1 Å². The molecule has 4 nitrogen and oxygen atoms in total. The maximum Gasteiger partial charge on any atom is 0.233 e. The molecule has 0 spiro atoms. The molecule has 1 unspecified atom stereocenters. The van der Waals surface area contributed by atoms with E-state index in [9.17, 15) is 9.59 Å². The lowest BCUT2D eigenvalue weighted by Gasteiger charge is -2.28. The van der Waals surface area contributed by atoms with Crippen LogP contribution in [0.4, 0.5) is 0 Å². The van der Waals surface area contributed by atoms with E-state index >= 15 is 0 Å². The maximum atomic E-state index is 11.3. The lowest BCUT2D eigenvalue weighted by atomic mass is 10.4. The summed E-state index contributed by atoms with van der Waals surface area (Å²) in [4.78, 5) is 25.7. The van der Waals surface area contributed by atoms with Crippen molar-refractivity contribution >= 4 is 35.5 Å². The van der Waals surface area contributed by atoms with Crippen LogP contribution in [0.2, 0.25) is 0 Å². The van der Waals surface area contributed by atoms with Crippen LogP contribution in [0, 0.1) is 0 Å². The average Bonchev–Trinajstić information content (AvgIpc) is 2.55. The number of nitrogens with zero attached hydrogens (tertiary/aromatic N) is 2. The highest BCUT2D eigenvalue weighted by atomic mass is 32.1. The molecule has 15 heavy (non-hydrogen) atoms. The molecule has 0 aliphatic carbocycles. The van der Waals surface area contributed by atoms with Gasteiger partial charge in [-0.05, 0) is 13.1 Å². The Morgan fingerprint density at radius 3 is 2.53 bits per heavy atom. The van der Waals surface area contributed by atoms with Crippen molar-refractivity contribution in [3.63, 3.8) is 0 Å². The molecule has 1 rings (SSSR count). The topological polar surface area (TPSA) is 40.6 Å². The second-order valence-corrected chi connectivity index (χ2v) is 3.79. The van der Waals surface area contributed by atoms with Gasteiger partial charge in [0.2, 0.25) is 10.2 Å². The molecule has 6 heteroatoms. The first-order valence-corrected chi connectivity index (χ1v) is 5.27. The SMILES string of the molecule is C=CN1C=C(C(=O)S)N(CC)C1C(=O)S. The average molecular weight is 244 g/mol. The number of rotatable bonds is 4. The fraction of sp³-hybridized carbons (Fsp3) is 0.333. The molecule has 0 saturated heterocycles. The Morgan fingerprint density at radius 2 is 2.20 bits per heavy atom. The van der Waals surface area contributed by atoms with E-state index in [0.717, 1.165) is 0 Å². The highest BCUT2D eigenvalue weighted by Gasteiger charge is 2.35. The van der Waals surface area contributed by atoms with Gasteiger partial charge < -0.3 is 9.80 Å². The zero-order valence-electron chi connectivity index (χ0n) is 8.25. The van der Waals surface area contributed by atoms with E-state index in [1.54, 1.807) is 16.0 Å². The monoisotopic (exact) mass is 244 g/mol. The summed E-state index contributed by atoms with van der Waals surface area (Å²) in [5.41, 5.74) is 0.383. The summed E-state index contributed by atoms with van der Waals surface area (Å²) in [5, 5.41) is -0.710. The molecule has 1 atom stereocenters. The van der Waals surface area contributed by atoms with Gasteiger partial charge in [0, 0.05) is 12.7 Å². The van der Waals surface area contributed by atoms with Gasteiger partial charge in [-0.3, -0.25) is 9.59 Å². The van der Waals surface area contributed by atoms with Gasteiger partial charge in [0.25, 0.3) is 0 Å². The van der Waals surface area contributed by atoms with Crippen LogP contribution in [0.25, 0.3) is 0 Å². The van der Waals surface area contributed by atoms with E-state index in [1.807, 2.05) is 6.92 Å². The molecule has 0 N–H and O–H groups in total. The minimum atomic E-state index is -0.595. The predicted molar refractivity (Wildman–Crippen MR) is 64.3 cm³/mol. The Labute approximate surface area is 99.4 Å². The Kier molecular flexibility index (Phi) is 3.87. The third-order valence-corrected chi connectivity index (χ3v) is 2.61. The third-order valence-electron chi connectivity index (χ3n) is 2.15. The Balaban J connectivity index is 3.07. The smallest absolute Gasteiger partial charge is 0.233 e. The van der Waals surface area contributed by atoms with Crippen molar-refractivity contribution in [3.8, 4) is 0 Å². The molecule has 0 saturated carbocycles. The molecular weight excluding hydrogens is 232 g/mol. The van der Waals surface area contributed by atoms with E-state index < -0.39 is 6.17 Å². The van der Waals surface area contributed by atoms with Crippen LogP contribution >= 0.6 is 25.3 Å². The van der Waals surface area contributed by atoms with Crippen LogP contribution in [0.15, 0.2) is 24.7 Å². The maximum absolute atomic E-state index is 11.3. The molecule has 0 aromatic carbocycles. The molecule has 0 aromatic heterocycles. The van der Waals surface area contributed by atoms with Crippen molar-refractivity contribution in [3.05, 3.63) is 24.7 Å². The lowest BCUT2D eigenvalue weighted by molar-refractivity contribution is -0.117. The fourth-order valence-corrected chi connectivity index (χ4v) is 1.97. The summed E-state index contributed by atoms with van der Waals surface area (Å²) in [6.07, 6.45) is 2.43. The van der Waals surface area contributed by atoms with Crippen LogP contribution in [-0.2, 0) is 9.59 Å².